The Morgan fingerprint density at radius 1 is 0.926 bits per heavy atom. The molecule has 0 aromatic heterocycles. The number of nitrogens with zero attached hydrogens (tertiary/aromatic N) is 1. The molecule has 27 heavy (non-hydrogen) atoms. The second-order valence-corrected chi connectivity index (χ2v) is 7.04. The number of benzene rings is 2. The molecule has 0 aliphatic carbocycles. The summed E-state index contributed by atoms with van der Waals surface area (Å²) in [6.45, 7) is 4.40. The van der Waals surface area contributed by atoms with E-state index in [1.165, 1.54) is 24.8 Å². The molecule has 0 saturated carbocycles. The molecule has 2 aromatic carbocycles. The Kier molecular flexibility index (Phi) is 9.06. The predicted molar refractivity (Wildman–Crippen MR) is 114 cm³/mol. The van der Waals surface area contributed by atoms with Crippen molar-refractivity contribution in [3.05, 3.63) is 71.3 Å². The van der Waals surface area contributed by atoms with Gasteiger partial charge in [0.15, 0.2) is 0 Å². The molecular weight excluding hydrogens is 334 g/mol. The minimum absolute atomic E-state index is 0.280. The average Bonchev–Trinajstić information content (AvgIpc) is 2.72. The van der Waals surface area contributed by atoms with Gasteiger partial charge in [0.05, 0.1) is 6.10 Å². The number of hydrogen-bond acceptors (Lipinski definition) is 3. The molecule has 0 bridgehead atoms. The molecule has 2 atom stereocenters. The molecule has 0 N–H and O–H groups in total. The summed E-state index contributed by atoms with van der Waals surface area (Å²) in [7, 11) is 3.40. The van der Waals surface area contributed by atoms with Gasteiger partial charge in [0, 0.05) is 18.2 Å². The zero-order valence-electron chi connectivity index (χ0n) is 17.2. The Hall–Kier alpha value is -2.13. The molecule has 0 saturated heterocycles. The van der Waals surface area contributed by atoms with Gasteiger partial charge in [-0.15, -0.1) is 0 Å². The normalized spacial score (nSPS) is 14.0. The lowest BCUT2D eigenvalue weighted by molar-refractivity contribution is 0.107. The maximum Gasteiger partial charge on any atom is 0.117 e. The van der Waals surface area contributed by atoms with E-state index in [1.807, 2.05) is 18.2 Å². The van der Waals surface area contributed by atoms with E-state index in [9.17, 15) is 0 Å². The summed E-state index contributed by atoms with van der Waals surface area (Å²) in [6, 6.07) is 18.9. The summed E-state index contributed by atoms with van der Waals surface area (Å²) < 4.78 is 5.48. The number of oxime groups is 1. The first-order valence-electron chi connectivity index (χ1n) is 9.99. The van der Waals surface area contributed by atoms with Crippen molar-refractivity contribution in [2.24, 2.45) is 5.16 Å². The molecular formula is C24H33NO2. The highest BCUT2D eigenvalue weighted by Crippen LogP contribution is 2.32. The molecule has 3 heteroatoms. The second-order valence-electron chi connectivity index (χ2n) is 7.04. The predicted octanol–water partition coefficient (Wildman–Crippen LogP) is 6.17. The molecule has 0 aliphatic rings. The van der Waals surface area contributed by atoms with Gasteiger partial charge in [0.2, 0.25) is 0 Å². The lowest BCUT2D eigenvalue weighted by Crippen LogP contribution is -2.13. The highest BCUT2D eigenvalue weighted by atomic mass is 16.6. The fourth-order valence-corrected chi connectivity index (χ4v) is 3.47. The summed E-state index contributed by atoms with van der Waals surface area (Å²) in [6.07, 6.45) is 6.06. The zero-order valence-corrected chi connectivity index (χ0v) is 17.2. The molecule has 146 valence electrons. The molecule has 0 aliphatic heterocycles. The van der Waals surface area contributed by atoms with Crippen molar-refractivity contribution in [3.63, 3.8) is 0 Å². The molecule has 2 unspecified atom stereocenters. The Morgan fingerprint density at radius 2 is 1.63 bits per heavy atom. The third kappa shape index (κ3) is 6.21. The van der Waals surface area contributed by atoms with Crippen molar-refractivity contribution in [2.45, 2.75) is 58.0 Å². The summed E-state index contributed by atoms with van der Waals surface area (Å²) in [5.74, 6) is 0.490. The quantitative estimate of drug-likeness (QED) is 0.351. The van der Waals surface area contributed by atoms with Crippen molar-refractivity contribution < 1.29 is 9.57 Å². The van der Waals surface area contributed by atoms with Gasteiger partial charge >= 0.3 is 0 Å². The summed E-state index contributed by atoms with van der Waals surface area (Å²) in [4.78, 5) is 5.21. The van der Waals surface area contributed by atoms with Crippen molar-refractivity contribution in [1.82, 2.24) is 0 Å². The van der Waals surface area contributed by atoms with Crippen LogP contribution in [0.25, 0.3) is 0 Å². The largest absolute Gasteiger partial charge is 0.399 e. The number of hydrogen-bond donors (Lipinski definition) is 0. The van der Waals surface area contributed by atoms with E-state index in [-0.39, 0.29) is 6.10 Å². The van der Waals surface area contributed by atoms with Crippen molar-refractivity contribution in [3.8, 4) is 0 Å². The van der Waals surface area contributed by atoms with Gasteiger partial charge < -0.3 is 9.57 Å². The Morgan fingerprint density at radius 3 is 2.30 bits per heavy atom. The summed E-state index contributed by atoms with van der Waals surface area (Å²) in [5, 5.41) is 4.39. The van der Waals surface area contributed by atoms with Gasteiger partial charge in [0.1, 0.15) is 12.8 Å². The van der Waals surface area contributed by atoms with E-state index in [4.69, 9.17) is 9.57 Å². The number of rotatable bonds is 11. The number of ether oxygens (including phenoxy) is 1. The van der Waals surface area contributed by atoms with E-state index < -0.39 is 0 Å². The summed E-state index contributed by atoms with van der Waals surface area (Å²) >= 11 is 0. The van der Waals surface area contributed by atoms with Gasteiger partial charge in [0.25, 0.3) is 0 Å². The van der Waals surface area contributed by atoms with Crippen LogP contribution >= 0.6 is 0 Å². The Labute approximate surface area is 164 Å². The van der Waals surface area contributed by atoms with Gasteiger partial charge in [-0.3, -0.25) is 0 Å². The van der Waals surface area contributed by atoms with Crippen LogP contribution in [0.5, 0.6) is 0 Å². The van der Waals surface area contributed by atoms with Crippen LogP contribution in [0.2, 0.25) is 0 Å². The smallest absolute Gasteiger partial charge is 0.117 e. The van der Waals surface area contributed by atoms with Gasteiger partial charge in [-0.2, -0.15) is 0 Å². The van der Waals surface area contributed by atoms with E-state index in [2.05, 4.69) is 55.4 Å². The van der Waals surface area contributed by atoms with E-state index in [1.54, 1.807) is 14.2 Å². The van der Waals surface area contributed by atoms with Crippen LogP contribution in [0.3, 0.4) is 0 Å². The molecule has 0 spiro atoms. The van der Waals surface area contributed by atoms with Crippen LogP contribution in [-0.2, 0) is 9.57 Å². The first kappa shape index (κ1) is 21.2. The minimum Gasteiger partial charge on any atom is -0.399 e. The molecule has 0 amide bonds. The monoisotopic (exact) mass is 367 g/mol. The van der Waals surface area contributed by atoms with Gasteiger partial charge in [-0.25, -0.2) is 0 Å². The molecule has 0 heterocycles. The Balaban J connectivity index is 2.41. The highest BCUT2D eigenvalue weighted by molar-refractivity contribution is 6.13. The first-order valence-corrected chi connectivity index (χ1v) is 9.99. The Bertz CT molecular complexity index is 697. The molecule has 2 aromatic rings. The van der Waals surface area contributed by atoms with Crippen LogP contribution in [0, 0.1) is 0 Å². The fourth-order valence-electron chi connectivity index (χ4n) is 3.47. The van der Waals surface area contributed by atoms with Gasteiger partial charge in [-0.05, 0) is 37.7 Å². The molecule has 0 fully saturated rings. The molecule has 3 nitrogen and oxygen atoms in total. The standard InChI is InChI=1S/C24H33NO2/c1-5-6-12-20(18-17-19(2)26-3)22-15-10-11-16-23(22)24(25-27-4)21-13-8-7-9-14-21/h7-11,13-16,19-20H,5-6,12,17-18H2,1-4H3. The van der Waals surface area contributed by atoms with E-state index >= 15 is 0 Å². The van der Waals surface area contributed by atoms with E-state index in [0.717, 1.165) is 29.7 Å². The second kappa shape index (κ2) is 11.6. The maximum absolute atomic E-state index is 5.48. The van der Waals surface area contributed by atoms with Crippen LogP contribution < -0.4 is 0 Å². The third-order valence-corrected chi connectivity index (χ3v) is 5.12. The maximum atomic E-state index is 5.48. The highest BCUT2D eigenvalue weighted by Gasteiger charge is 2.20. The third-order valence-electron chi connectivity index (χ3n) is 5.12. The molecule has 2 rings (SSSR count). The van der Waals surface area contributed by atoms with Crippen LogP contribution in [0.15, 0.2) is 59.8 Å². The minimum atomic E-state index is 0.280. The number of methoxy groups -OCH3 is 1. The van der Waals surface area contributed by atoms with Gasteiger partial charge in [-0.1, -0.05) is 79.5 Å². The molecule has 0 radical (unpaired) electrons. The van der Waals surface area contributed by atoms with Crippen LogP contribution in [0.1, 0.15) is 68.6 Å². The lowest BCUT2D eigenvalue weighted by atomic mass is 9.84. The van der Waals surface area contributed by atoms with E-state index in [0.29, 0.717) is 5.92 Å². The van der Waals surface area contributed by atoms with Crippen LogP contribution in [-0.4, -0.2) is 26.0 Å². The average molecular weight is 368 g/mol. The van der Waals surface area contributed by atoms with Crippen LogP contribution in [0.4, 0.5) is 0 Å². The fraction of sp³-hybridized carbons (Fsp3) is 0.458. The first-order chi connectivity index (χ1) is 13.2. The number of unbranched alkanes of at least 4 members (excludes halogenated alkanes) is 1. The van der Waals surface area contributed by atoms with Crippen molar-refractivity contribution in [1.29, 1.82) is 0 Å². The summed E-state index contributed by atoms with van der Waals surface area (Å²) in [5.41, 5.74) is 4.49. The zero-order chi connectivity index (χ0) is 19.5. The topological polar surface area (TPSA) is 30.8 Å². The van der Waals surface area contributed by atoms with Crippen molar-refractivity contribution in [2.75, 3.05) is 14.2 Å². The SMILES string of the molecule is CCCCC(CCC(C)OC)c1ccccc1C(=NOC)c1ccccc1. The van der Waals surface area contributed by atoms with Crippen molar-refractivity contribution >= 4 is 5.71 Å². The lowest BCUT2D eigenvalue weighted by Gasteiger charge is -2.22.